The Bertz CT molecular complexity index is 714. The molecule has 2 aromatic carbocycles. The zero-order chi connectivity index (χ0) is 15.6. The van der Waals surface area contributed by atoms with Crippen molar-refractivity contribution in [2.24, 2.45) is 0 Å². The van der Waals surface area contributed by atoms with Crippen molar-refractivity contribution in [3.63, 3.8) is 0 Å². The smallest absolute Gasteiger partial charge is 0.337 e. The summed E-state index contributed by atoms with van der Waals surface area (Å²) in [6, 6.07) is 9.25. The molecule has 4 nitrogen and oxygen atoms in total. The van der Waals surface area contributed by atoms with Crippen molar-refractivity contribution in [2.45, 2.75) is 0 Å². The van der Waals surface area contributed by atoms with Gasteiger partial charge in [0.05, 0.1) is 11.3 Å². The van der Waals surface area contributed by atoms with Crippen molar-refractivity contribution in [1.82, 2.24) is 0 Å². The van der Waals surface area contributed by atoms with Crippen molar-refractivity contribution in [3.05, 3.63) is 61.5 Å². The van der Waals surface area contributed by atoms with Crippen LogP contribution in [0.4, 0.5) is 5.69 Å². The Morgan fingerprint density at radius 3 is 2.24 bits per heavy atom. The van der Waals surface area contributed by atoms with Gasteiger partial charge in [-0.15, -0.1) is 0 Å². The van der Waals surface area contributed by atoms with Gasteiger partial charge in [-0.25, -0.2) is 4.79 Å². The van der Waals surface area contributed by atoms with Gasteiger partial charge in [0, 0.05) is 19.5 Å². The number of carboxylic acid groups (broad SMARTS) is 1. The molecule has 108 valence electrons. The number of hydrogen-bond donors (Lipinski definition) is 2. The molecule has 2 rings (SSSR count). The number of rotatable bonds is 3. The Kier molecular flexibility index (Phi) is 5.03. The highest BCUT2D eigenvalue weighted by Crippen LogP contribution is 2.24. The minimum atomic E-state index is -1.14. The van der Waals surface area contributed by atoms with Gasteiger partial charge in [-0.3, -0.25) is 4.79 Å². The summed E-state index contributed by atoms with van der Waals surface area (Å²) in [6.07, 6.45) is 0. The van der Waals surface area contributed by atoms with Crippen LogP contribution in [0.25, 0.3) is 0 Å². The summed E-state index contributed by atoms with van der Waals surface area (Å²) >= 11 is 12.4. The maximum absolute atomic E-state index is 12.2. The van der Waals surface area contributed by atoms with Crippen LogP contribution < -0.4 is 5.32 Å². The third kappa shape index (κ3) is 4.06. The van der Waals surface area contributed by atoms with E-state index in [1.807, 2.05) is 0 Å². The number of halogens is 3. The Labute approximate surface area is 142 Å². The van der Waals surface area contributed by atoms with Gasteiger partial charge in [-0.05, 0) is 36.4 Å². The van der Waals surface area contributed by atoms with E-state index in [0.29, 0.717) is 10.6 Å². The number of benzene rings is 2. The molecule has 0 heterocycles. The van der Waals surface area contributed by atoms with E-state index in [1.165, 1.54) is 18.2 Å². The standard InChI is InChI=1S/C14H8Br2ClNO3/c15-8-3-7(4-9(16)5-8)13(19)18-12-6-10(17)1-2-11(12)14(20)21/h1-6H,(H,18,19)(H,20,21). The summed E-state index contributed by atoms with van der Waals surface area (Å²) in [7, 11) is 0. The second kappa shape index (κ2) is 6.60. The van der Waals surface area contributed by atoms with Crippen molar-refractivity contribution < 1.29 is 14.7 Å². The molecule has 0 unspecified atom stereocenters. The third-order valence-corrected chi connectivity index (χ3v) is 3.74. The number of hydrogen-bond acceptors (Lipinski definition) is 2. The van der Waals surface area contributed by atoms with Gasteiger partial charge in [0.25, 0.3) is 5.91 Å². The molecule has 0 fully saturated rings. The highest BCUT2D eigenvalue weighted by atomic mass is 79.9. The fourth-order valence-corrected chi connectivity index (χ4v) is 3.15. The molecule has 1 amide bonds. The molecule has 0 aromatic heterocycles. The summed E-state index contributed by atoms with van der Waals surface area (Å²) in [5, 5.41) is 12.0. The molecule has 0 bridgehead atoms. The van der Waals surface area contributed by atoms with Crippen LogP contribution in [0.15, 0.2) is 45.3 Å². The number of carboxylic acids is 1. The summed E-state index contributed by atoms with van der Waals surface area (Å²) in [5.74, 6) is -1.57. The normalized spacial score (nSPS) is 10.2. The molecular formula is C14H8Br2ClNO3. The van der Waals surface area contributed by atoms with Gasteiger partial charge in [0.1, 0.15) is 0 Å². The first-order valence-electron chi connectivity index (χ1n) is 5.67. The van der Waals surface area contributed by atoms with Gasteiger partial charge in [-0.2, -0.15) is 0 Å². The topological polar surface area (TPSA) is 66.4 Å². The van der Waals surface area contributed by atoms with Gasteiger partial charge >= 0.3 is 5.97 Å². The van der Waals surface area contributed by atoms with E-state index >= 15 is 0 Å². The second-order valence-electron chi connectivity index (χ2n) is 4.11. The van der Waals surface area contributed by atoms with Crippen LogP contribution in [0.3, 0.4) is 0 Å². The average molecular weight is 433 g/mol. The molecule has 0 aliphatic heterocycles. The van der Waals surface area contributed by atoms with Crippen molar-refractivity contribution in [2.75, 3.05) is 5.32 Å². The maximum Gasteiger partial charge on any atom is 0.337 e. The molecule has 0 atom stereocenters. The van der Waals surface area contributed by atoms with Crippen LogP contribution in [-0.2, 0) is 0 Å². The zero-order valence-corrected chi connectivity index (χ0v) is 14.3. The van der Waals surface area contributed by atoms with Crippen LogP contribution in [0.2, 0.25) is 5.02 Å². The molecule has 2 aromatic rings. The fourth-order valence-electron chi connectivity index (χ4n) is 1.69. The van der Waals surface area contributed by atoms with E-state index < -0.39 is 11.9 Å². The van der Waals surface area contributed by atoms with Crippen molar-refractivity contribution in [1.29, 1.82) is 0 Å². The van der Waals surface area contributed by atoms with E-state index in [-0.39, 0.29) is 11.3 Å². The lowest BCUT2D eigenvalue weighted by Gasteiger charge is -2.09. The van der Waals surface area contributed by atoms with E-state index in [2.05, 4.69) is 37.2 Å². The number of anilines is 1. The SMILES string of the molecule is O=C(Nc1cc(Cl)ccc1C(=O)O)c1cc(Br)cc(Br)c1. The quantitative estimate of drug-likeness (QED) is 0.730. The Balaban J connectivity index is 2.35. The van der Waals surface area contributed by atoms with E-state index in [0.717, 1.165) is 8.95 Å². The fraction of sp³-hybridized carbons (Fsp3) is 0. The predicted octanol–water partition coefficient (Wildman–Crippen LogP) is 4.82. The number of amides is 1. The van der Waals surface area contributed by atoms with Gasteiger partial charge in [0.2, 0.25) is 0 Å². The number of carbonyl (C=O) groups is 2. The molecule has 0 radical (unpaired) electrons. The summed E-state index contributed by atoms with van der Waals surface area (Å²) in [4.78, 5) is 23.4. The molecule has 0 saturated heterocycles. The van der Waals surface area contributed by atoms with Crippen LogP contribution in [0, 0.1) is 0 Å². The van der Waals surface area contributed by atoms with Crippen molar-refractivity contribution in [3.8, 4) is 0 Å². The predicted molar refractivity (Wildman–Crippen MR) is 88.2 cm³/mol. The molecule has 7 heteroatoms. The van der Waals surface area contributed by atoms with Crippen LogP contribution in [-0.4, -0.2) is 17.0 Å². The van der Waals surface area contributed by atoms with Crippen LogP contribution in [0.5, 0.6) is 0 Å². The van der Waals surface area contributed by atoms with Gasteiger partial charge in [-0.1, -0.05) is 43.5 Å². The molecule has 0 aliphatic carbocycles. The molecule has 0 aliphatic rings. The molecule has 2 N–H and O–H groups in total. The summed E-state index contributed by atoms with van der Waals surface area (Å²) < 4.78 is 1.46. The molecule has 21 heavy (non-hydrogen) atoms. The van der Waals surface area contributed by atoms with Gasteiger partial charge < -0.3 is 10.4 Å². The Morgan fingerprint density at radius 1 is 1.05 bits per heavy atom. The van der Waals surface area contributed by atoms with E-state index in [4.69, 9.17) is 16.7 Å². The van der Waals surface area contributed by atoms with Gasteiger partial charge in [0.15, 0.2) is 0 Å². The van der Waals surface area contributed by atoms with E-state index in [9.17, 15) is 9.59 Å². The first-order valence-corrected chi connectivity index (χ1v) is 7.63. The van der Waals surface area contributed by atoms with E-state index in [1.54, 1.807) is 18.2 Å². The van der Waals surface area contributed by atoms with Crippen LogP contribution in [0.1, 0.15) is 20.7 Å². The first kappa shape index (κ1) is 16.0. The second-order valence-corrected chi connectivity index (χ2v) is 6.38. The molecule has 0 saturated carbocycles. The minimum Gasteiger partial charge on any atom is -0.478 e. The largest absolute Gasteiger partial charge is 0.478 e. The highest BCUT2D eigenvalue weighted by Gasteiger charge is 2.14. The first-order chi connectivity index (χ1) is 9.86. The molecular weight excluding hydrogens is 425 g/mol. The number of aromatic carboxylic acids is 1. The van der Waals surface area contributed by atoms with Crippen molar-refractivity contribution >= 4 is 61.0 Å². The Hall–Kier alpha value is -1.37. The zero-order valence-electron chi connectivity index (χ0n) is 10.4. The summed E-state index contributed by atoms with van der Waals surface area (Å²) in [6.45, 7) is 0. The third-order valence-electron chi connectivity index (χ3n) is 2.58. The average Bonchev–Trinajstić information content (AvgIpc) is 2.37. The maximum atomic E-state index is 12.2. The summed E-state index contributed by atoms with van der Waals surface area (Å²) in [5.41, 5.74) is 0.505. The monoisotopic (exact) mass is 431 g/mol. The number of nitrogens with one attached hydrogen (secondary N) is 1. The van der Waals surface area contributed by atoms with Crippen LogP contribution >= 0.6 is 43.5 Å². The lowest BCUT2D eigenvalue weighted by atomic mass is 10.1. The lowest BCUT2D eigenvalue weighted by molar-refractivity contribution is 0.0698. The number of carbonyl (C=O) groups excluding carboxylic acids is 1. The lowest BCUT2D eigenvalue weighted by Crippen LogP contribution is -2.15. The highest BCUT2D eigenvalue weighted by molar-refractivity contribution is 9.11. The Morgan fingerprint density at radius 2 is 1.67 bits per heavy atom. The molecule has 0 spiro atoms. The minimum absolute atomic E-state index is 0.0261.